The van der Waals surface area contributed by atoms with Crippen LogP contribution in [0.15, 0.2) is 40.6 Å². The van der Waals surface area contributed by atoms with Gasteiger partial charge in [0, 0.05) is 26.2 Å². The second kappa shape index (κ2) is 7.98. The Morgan fingerprint density at radius 2 is 1.62 bits per heavy atom. The van der Waals surface area contributed by atoms with E-state index in [0.717, 1.165) is 42.6 Å². The van der Waals surface area contributed by atoms with Gasteiger partial charge in [-0.25, -0.2) is 12.8 Å². The average Bonchev–Trinajstić information content (AvgIpc) is 3.38. The third-order valence-electron chi connectivity index (χ3n) is 5.93. The minimum absolute atomic E-state index is 0.0258. The number of piperazine rings is 1. The first kappa shape index (κ1) is 20.8. The van der Waals surface area contributed by atoms with Gasteiger partial charge in [0.2, 0.25) is 5.91 Å². The third kappa shape index (κ3) is 3.83. The van der Waals surface area contributed by atoms with E-state index in [0.29, 0.717) is 17.4 Å². The van der Waals surface area contributed by atoms with Gasteiger partial charge in [-0.05, 0) is 42.7 Å². The van der Waals surface area contributed by atoms with Crippen LogP contribution in [0.4, 0.5) is 4.39 Å². The molecule has 2 heterocycles. The van der Waals surface area contributed by atoms with Gasteiger partial charge in [-0.15, -0.1) is 11.3 Å². The van der Waals surface area contributed by atoms with Gasteiger partial charge in [0.1, 0.15) is 10.0 Å². The molecule has 1 aliphatic heterocycles. The molecule has 1 aromatic heterocycles. The summed E-state index contributed by atoms with van der Waals surface area (Å²) in [5, 5.41) is 0. The molecule has 9 heteroatoms. The van der Waals surface area contributed by atoms with Crippen molar-refractivity contribution in [3.05, 3.63) is 52.1 Å². The number of thiophene rings is 1. The lowest BCUT2D eigenvalue weighted by Crippen LogP contribution is -2.54. The summed E-state index contributed by atoms with van der Waals surface area (Å²) in [5.41, 5.74) is 0.223. The van der Waals surface area contributed by atoms with Gasteiger partial charge in [0.25, 0.3) is 10.0 Å². The predicted molar refractivity (Wildman–Crippen MR) is 111 cm³/mol. The van der Waals surface area contributed by atoms with Crippen molar-refractivity contribution < 1.29 is 17.6 Å². The van der Waals surface area contributed by atoms with Gasteiger partial charge in [0.05, 0.1) is 9.75 Å². The molecule has 0 radical (unpaired) electrons. The summed E-state index contributed by atoms with van der Waals surface area (Å²) in [5.74, 6) is -0.292. The normalized spacial score (nSPS) is 20.1. The Bertz CT molecular complexity index is 993. The molecule has 0 unspecified atom stereocenters. The summed E-state index contributed by atoms with van der Waals surface area (Å²) in [6.07, 6.45) is 3.39. The Labute approximate surface area is 179 Å². The Morgan fingerprint density at radius 1 is 1.00 bits per heavy atom. The number of nitrogens with zero attached hydrogens (tertiary/aromatic N) is 2. The highest BCUT2D eigenvalue weighted by Crippen LogP contribution is 2.43. The van der Waals surface area contributed by atoms with E-state index in [2.05, 4.69) is 0 Å². The first-order chi connectivity index (χ1) is 13.8. The summed E-state index contributed by atoms with van der Waals surface area (Å²) in [6, 6.07) is 9.31. The van der Waals surface area contributed by atoms with Crippen LogP contribution in [0.3, 0.4) is 0 Å². The minimum Gasteiger partial charge on any atom is -0.339 e. The number of hydrogen-bond donors (Lipinski definition) is 0. The van der Waals surface area contributed by atoms with E-state index in [1.807, 2.05) is 0 Å². The number of benzene rings is 1. The zero-order chi connectivity index (χ0) is 20.6. The number of rotatable bonds is 4. The van der Waals surface area contributed by atoms with Gasteiger partial charge < -0.3 is 4.90 Å². The molecule has 2 aliphatic rings. The van der Waals surface area contributed by atoms with Gasteiger partial charge in [-0.1, -0.05) is 36.6 Å². The number of carbonyl (C=O) groups is 1. The number of amides is 1. The first-order valence-electron chi connectivity index (χ1n) is 9.64. The molecule has 5 nitrogen and oxygen atoms in total. The Hall–Kier alpha value is -1.48. The van der Waals surface area contributed by atoms with Crippen LogP contribution in [0.1, 0.15) is 31.2 Å². The van der Waals surface area contributed by atoms with Crippen LogP contribution in [0.25, 0.3) is 0 Å². The largest absolute Gasteiger partial charge is 0.339 e. The zero-order valence-electron chi connectivity index (χ0n) is 15.8. The maximum absolute atomic E-state index is 13.5. The summed E-state index contributed by atoms with van der Waals surface area (Å²) >= 11 is 6.92. The van der Waals surface area contributed by atoms with E-state index in [9.17, 15) is 17.6 Å². The van der Waals surface area contributed by atoms with Crippen molar-refractivity contribution in [1.29, 1.82) is 0 Å². The lowest BCUT2D eigenvalue weighted by atomic mass is 9.77. The third-order valence-corrected chi connectivity index (χ3v) is 9.53. The average molecular weight is 457 g/mol. The minimum atomic E-state index is -3.59. The fraction of sp³-hybridized carbons (Fsp3) is 0.450. The van der Waals surface area contributed by atoms with Gasteiger partial charge >= 0.3 is 0 Å². The molecular weight excluding hydrogens is 435 g/mol. The lowest BCUT2D eigenvalue weighted by molar-refractivity contribution is -0.138. The molecule has 4 rings (SSSR count). The predicted octanol–water partition coefficient (Wildman–Crippen LogP) is 3.89. The molecule has 2 aromatic rings. The molecule has 0 atom stereocenters. The molecule has 1 saturated heterocycles. The van der Waals surface area contributed by atoms with Crippen molar-refractivity contribution in [2.24, 2.45) is 0 Å². The molecule has 156 valence electrons. The molecule has 0 bridgehead atoms. The summed E-state index contributed by atoms with van der Waals surface area (Å²) in [4.78, 5) is 15.3. The first-order valence-corrected chi connectivity index (χ1v) is 12.3. The summed E-state index contributed by atoms with van der Waals surface area (Å²) in [7, 11) is -3.59. The molecule has 29 heavy (non-hydrogen) atoms. The van der Waals surface area contributed by atoms with Crippen LogP contribution in [-0.2, 0) is 20.2 Å². The van der Waals surface area contributed by atoms with Crippen molar-refractivity contribution in [3.8, 4) is 0 Å². The van der Waals surface area contributed by atoms with E-state index in [-0.39, 0.29) is 29.0 Å². The van der Waals surface area contributed by atoms with E-state index in [1.165, 1.54) is 22.5 Å². The Morgan fingerprint density at radius 3 is 2.17 bits per heavy atom. The van der Waals surface area contributed by atoms with Crippen LogP contribution in [-0.4, -0.2) is 49.7 Å². The van der Waals surface area contributed by atoms with Crippen LogP contribution in [0.2, 0.25) is 4.34 Å². The Balaban J connectivity index is 1.50. The number of sulfonamides is 1. The van der Waals surface area contributed by atoms with Crippen LogP contribution < -0.4 is 0 Å². The van der Waals surface area contributed by atoms with E-state index < -0.39 is 15.4 Å². The maximum atomic E-state index is 13.5. The number of halogens is 2. The summed E-state index contributed by atoms with van der Waals surface area (Å²) in [6.45, 7) is 1.20. The van der Waals surface area contributed by atoms with Crippen LogP contribution in [0, 0.1) is 5.82 Å². The fourth-order valence-corrected chi connectivity index (χ4v) is 7.43. The number of hydrogen-bond acceptors (Lipinski definition) is 4. The molecule has 1 aromatic carbocycles. The quantitative estimate of drug-likeness (QED) is 0.701. The Kier molecular flexibility index (Phi) is 5.72. The second-order valence-electron chi connectivity index (χ2n) is 7.55. The fourth-order valence-electron chi connectivity index (χ4n) is 4.37. The molecule has 0 spiro atoms. The van der Waals surface area contributed by atoms with Crippen molar-refractivity contribution in [2.45, 2.75) is 35.3 Å². The van der Waals surface area contributed by atoms with E-state index in [1.54, 1.807) is 23.1 Å². The van der Waals surface area contributed by atoms with Crippen LogP contribution in [0.5, 0.6) is 0 Å². The molecule has 1 aliphatic carbocycles. The lowest BCUT2D eigenvalue weighted by Gasteiger charge is -2.39. The van der Waals surface area contributed by atoms with Crippen molar-refractivity contribution in [3.63, 3.8) is 0 Å². The van der Waals surface area contributed by atoms with Gasteiger partial charge in [0.15, 0.2) is 0 Å². The van der Waals surface area contributed by atoms with Gasteiger partial charge in [-0.2, -0.15) is 4.31 Å². The molecule has 1 saturated carbocycles. The molecular formula is C20H22ClFN2O3S2. The van der Waals surface area contributed by atoms with Gasteiger partial charge in [-0.3, -0.25) is 4.79 Å². The second-order valence-corrected chi connectivity index (χ2v) is 11.4. The summed E-state index contributed by atoms with van der Waals surface area (Å²) < 4.78 is 41.0. The monoisotopic (exact) mass is 456 g/mol. The van der Waals surface area contributed by atoms with Crippen molar-refractivity contribution >= 4 is 38.9 Å². The smallest absolute Gasteiger partial charge is 0.252 e. The highest BCUT2D eigenvalue weighted by molar-refractivity contribution is 7.91. The molecule has 0 N–H and O–H groups in total. The standard InChI is InChI=1S/C20H22ClFN2O3S2/c21-17-7-8-18(28-17)29(26,27)24-13-11-23(12-14-24)19(25)20(9-1-2-10-20)15-3-5-16(22)6-4-15/h3-8H,1-2,9-14H2. The zero-order valence-corrected chi connectivity index (χ0v) is 18.2. The highest BCUT2D eigenvalue weighted by atomic mass is 35.5. The van der Waals surface area contributed by atoms with Crippen molar-refractivity contribution in [1.82, 2.24) is 9.21 Å². The van der Waals surface area contributed by atoms with E-state index in [4.69, 9.17) is 11.6 Å². The number of carbonyl (C=O) groups excluding carboxylic acids is 1. The maximum Gasteiger partial charge on any atom is 0.252 e. The van der Waals surface area contributed by atoms with Crippen LogP contribution >= 0.6 is 22.9 Å². The van der Waals surface area contributed by atoms with Crippen molar-refractivity contribution in [2.75, 3.05) is 26.2 Å². The molecule has 1 amide bonds. The highest BCUT2D eigenvalue weighted by Gasteiger charge is 2.46. The topological polar surface area (TPSA) is 57.7 Å². The SMILES string of the molecule is O=C(N1CCN(S(=O)(=O)c2ccc(Cl)s2)CC1)C1(c2ccc(F)cc2)CCCC1. The molecule has 2 fully saturated rings. The van der Waals surface area contributed by atoms with E-state index >= 15 is 0 Å².